The van der Waals surface area contributed by atoms with E-state index in [2.05, 4.69) is 24.1 Å². The fraction of sp³-hybridized carbons (Fsp3) is 0.800. The lowest BCUT2D eigenvalue weighted by atomic mass is 9.79. The van der Waals surface area contributed by atoms with E-state index in [4.69, 9.17) is 18.9 Å². The van der Waals surface area contributed by atoms with Crippen LogP contribution in [-0.4, -0.2) is 224 Å². The van der Waals surface area contributed by atoms with Gasteiger partial charge >= 0.3 is 5.97 Å². The first-order valence-corrected chi connectivity index (χ1v) is 33.0. The topological polar surface area (TPSA) is 283 Å². The maximum atomic E-state index is 15.0. The van der Waals surface area contributed by atoms with Crippen LogP contribution in [0.1, 0.15) is 152 Å². The van der Waals surface area contributed by atoms with Gasteiger partial charge in [0.2, 0.25) is 17.6 Å². The number of carbonyl (C=O) groups excluding carboxylic acids is 7. The molecular weight excluding hydrogens is 1140 g/mol. The highest BCUT2D eigenvalue weighted by Gasteiger charge is 2.60. The number of aliphatic hydroxyl groups is 5. The number of piperidine rings is 1. The minimum atomic E-state index is -2.58. The number of aliphatic hydroxyl groups excluding tert-OH is 4. The number of ether oxygens (including phenoxy) is 4. The molecule has 0 aromatic rings. The molecule has 0 aromatic carbocycles. The molecular formula is C65H101N5O16S. The van der Waals surface area contributed by atoms with Crippen molar-refractivity contribution in [1.82, 2.24) is 24.9 Å². The summed E-state index contributed by atoms with van der Waals surface area (Å²) in [4.78, 5) is 106. The van der Waals surface area contributed by atoms with Crippen LogP contribution in [0.4, 0.5) is 0 Å². The van der Waals surface area contributed by atoms with Crippen molar-refractivity contribution in [1.29, 1.82) is 0 Å². The number of methoxy groups -OCH3 is 2. The molecule has 8 rings (SSSR count). The van der Waals surface area contributed by atoms with Gasteiger partial charge in [0, 0.05) is 92.2 Å². The molecule has 1 saturated carbocycles. The number of ketones is 2. The minimum absolute atomic E-state index is 0.0201. The van der Waals surface area contributed by atoms with Gasteiger partial charge in [0.25, 0.3) is 11.7 Å². The Labute approximate surface area is 518 Å². The number of aldehydes is 1. The van der Waals surface area contributed by atoms with Gasteiger partial charge in [0.05, 0.1) is 60.3 Å². The van der Waals surface area contributed by atoms with Crippen LogP contribution in [0, 0.1) is 41.4 Å². The molecule has 7 aliphatic heterocycles. The highest BCUT2D eigenvalue weighted by Crippen LogP contribution is 2.52. The lowest BCUT2D eigenvalue weighted by Gasteiger charge is -2.47. The second kappa shape index (κ2) is 28.7. The van der Waals surface area contributed by atoms with E-state index < -0.39 is 108 Å². The van der Waals surface area contributed by atoms with E-state index in [-0.39, 0.29) is 91.0 Å². The Morgan fingerprint density at radius 3 is 2.29 bits per heavy atom. The van der Waals surface area contributed by atoms with Crippen molar-refractivity contribution >= 4 is 53.3 Å². The van der Waals surface area contributed by atoms with E-state index in [1.165, 1.54) is 19.1 Å². The minimum Gasteiger partial charge on any atom is -0.456 e. The molecule has 1 aliphatic carbocycles. The average molecular weight is 1240 g/mol. The van der Waals surface area contributed by atoms with Crippen LogP contribution in [0.5, 0.6) is 0 Å². The zero-order chi connectivity index (χ0) is 63.7. The molecule has 6 fully saturated rings. The molecule has 6 N–H and O–H groups in total. The molecule has 0 radical (unpaired) electrons. The fourth-order valence-corrected chi connectivity index (χ4v) is 17.2. The largest absolute Gasteiger partial charge is 0.456 e. The average Bonchev–Trinajstić information content (AvgIpc) is 1.64. The summed E-state index contributed by atoms with van der Waals surface area (Å²) >= 11 is 1.57. The fourth-order valence-electron chi connectivity index (χ4n) is 15.6. The Kier molecular flexibility index (Phi) is 22.8. The van der Waals surface area contributed by atoms with Gasteiger partial charge in [-0.15, -0.1) is 11.8 Å². The molecule has 3 amide bonds. The van der Waals surface area contributed by atoms with Crippen molar-refractivity contribution in [2.75, 3.05) is 47.4 Å². The number of hydrogen-bond donors (Lipinski definition) is 6. The molecule has 0 aromatic heterocycles. The Bertz CT molecular complexity index is 2630. The zero-order valence-corrected chi connectivity index (χ0v) is 54.2. The first kappa shape index (κ1) is 69.0. The van der Waals surface area contributed by atoms with E-state index in [0.29, 0.717) is 88.7 Å². The first-order valence-electron chi connectivity index (χ1n) is 32.1. The van der Waals surface area contributed by atoms with E-state index in [0.717, 1.165) is 28.1 Å². The number of nitrogens with zero attached hydrogens (tertiary/aromatic N) is 4. The van der Waals surface area contributed by atoms with Crippen LogP contribution in [0.3, 0.4) is 0 Å². The highest BCUT2D eigenvalue weighted by atomic mass is 32.2. The Morgan fingerprint density at radius 2 is 1.62 bits per heavy atom. The van der Waals surface area contributed by atoms with Crippen LogP contribution >= 0.6 is 11.8 Å². The third-order valence-corrected chi connectivity index (χ3v) is 22.2. The van der Waals surface area contributed by atoms with Crippen molar-refractivity contribution in [3.8, 4) is 0 Å². The summed E-state index contributed by atoms with van der Waals surface area (Å²) in [5.74, 6) is -9.40. The molecule has 488 valence electrons. The summed E-state index contributed by atoms with van der Waals surface area (Å²) in [5.41, 5.74) is 1.34. The van der Waals surface area contributed by atoms with Gasteiger partial charge in [0.15, 0.2) is 6.29 Å². The van der Waals surface area contributed by atoms with E-state index in [1.54, 1.807) is 39.5 Å². The van der Waals surface area contributed by atoms with E-state index >= 15 is 0 Å². The van der Waals surface area contributed by atoms with Crippen LogP contribution in [-0.2, 0) is 52.5 Å². The van der Waals surface area contributed by atoms with Crippen molar-refractivity contribution in [2.24, 2.45) is 41.4 Å². The lowest BCUT2D eigenvalue weighted by molar-refractivity contribution is -0.302. The predicted octanol–water partition coefficient (Wildman–Crippen LogP) is 4.23. The number of esters is 1. The quantitative estimate of drug-likeness (QED) is 0.0467. The molecule has 0 unspecified atom stereocenters. The summed E-state index contributed by atoms with van der Waals surface area (Å²) < 4.78 is 24.7. The number of rotatable bonds is 14. The van der Waals surface area contributed by atoms with Gasteiger partial charge in [-0.25, -0.2) is 4.79 Å². The smallest absolute Gasteiger partial charge is 0.329 e. The van der Waals surface area contributed by atoms with Gasteiger partial charge in [-0.2, -0.15) is 0 Å². The predicted molar refractivity (Wildman–Crippen MR) is 325 cm³/mol. The number of allylic oxidation sites excluding steroid dienone is 4. The number of amides is 3. The number of β-lactam (4-membered cyclic amide) rings is 1. The maximum absolute atomic E-state index is 15.0. The molecule has 87 heavy (non-hydrogen) atoms. The van der Waals surface area contributed by atoms with Gasteiger partial charge in [-0.3, -0.25) is 33.7 Å². The van der Waals surface area contributed by atoms with Crippen LogP contribution in [0.15, 0.2) is 33.9 Å². The monoisotopic (exact) mass is 1240 g/mol. The molecule has 2 bridgehead atoms. The van der Waals surface area contributed by atoms with Gasteiger partial charge in [0.1, 0.15) is 24.0 Å². The van der Waals surface area contributed by atoms with E-state index in [1.807, 2.05) is 44.9 Å². The standard InChI is InChI=1S/C65H101N5O16S/c1-34-23-35(2)25-52(83-11)57-53(84-12)27-37(4)65(82,86-57)59(77)62(80)69-21-14-13-15-45(69)63(81)85-56(36(3)26-41-16-17-48(73)51(76)28-41)38(5)49(74)30-50(75)42(24-34)18-20-64(8,9)66-43-19-22-68(31-43)60(78)46-29-44(32-67(46)10)87-58-39(6)55-54(40(7)72)61(79)70(55)47(58)33-71/h24,26,33,35,37-46,48-49,51-57,66,72-74,76,82H,13-23,25,27-32H2,1-12H3/b34-24+,36-26+/t35-,37+,38+,39+,40+,41-,42+,43-,44-,45-,46-,48+,49-,51+,52-,53-,54+,55+,56+,57+,65+/m0/s1. The number of nitrogens with one attached hydrogen (secondary N) is 1. The molecule has 5 saturated heterocycles. The van der Waals surface area contributed by atoms with Crippen molar-refractivity contribution in [3.05, 3.63) is 33.9 Å². The number of likely N-dealkylation sites (N-methyl/N-ethyl adjacent to an activating group) is 1. The van der Waals surface area contributed by atoms with Crippen molar-refractivity contribution in [2.45, 2.75) is 242 Å². The summed E-state index contributed by atoms with van der Waals surface area (Å²) in [6.45, 7) is 18.6. The van der Waals surface area contributed by atoms with Gasteiger partial charge in [-0.05, 0) is 143 Å². The Morgan fingerprint density at radius 1 is 0.920 bits per heavy atom. The number of cyclic esters (lactones) is 1. The van der Waals surface area contributed by atoms with E-state index in [9.17, 15) is 59.1 Å². The number of carbonyl (C=O) groups is 7. The Hall–Kier alpha value is -3.94. The number of Topliss-reactive ketones (excluding diaryl/α,β-unsaturated/α-hetero) is 2. The zero-order valence-electron chi connectivity index (χ0n) is 53.4. The second-order valence-electron chi connectivity index (χ2n) is 27.9. The third kappa shape index (κ3) is 15.0. The molecule has 22 heteroatoms. The van der Waals surface area contributed by atoms with Crippen LogP contribution in [0.25, 0.3) is 0 Å². The Balaban J connectivity index is 0.998. The second-order valence-corrected chi connectivity index (χ2v) is 29.3. The highest BCUT2D eigenvalue weighted by molar-refractivity contribution is 8.03. The van der Waals surface area contributed by atoms with Crippen LogP contribution < -0.4 is 5.32 Å². The summed E-state index contributed by atoms with van der Waals surface area (Å²) in [6, 6.07) is -1.86. The summed E-state index contributed by atoms with van der Waals surface area (Å²) in [5, 5.41) is 59.7. The molecule has 7 heterocycles. The normalized spacial score (nSPS) is 40.3. The van der Waals surface area contributed by atoms with Gasteiger partial charge in [-0.1, -0.05) is 45.4 Å². The number of hydrogen-bond acceptors (Lipinski definition) is 19. The maximum Gasteiger partial charge on any atom is 0.329 e. The SMILES string of the molecule is CO[C@H]1C[C@@H](C)C/C(C)=C/[C@@H](CCC(C)(C)N[C@H]2CCN(C(=O)[C@@H]3C[C@H](SC4=C(C=O)N5C(=O)[C@H]([C@@H](C)O)[C@H]5[C@H]4C)CN3C)C2)C(=O)C[C@H](O)[C@@H](C)[C@@H](/C(C)=C/[C@@H]2CC[C@@H](O)[C@H](O)C2)OC(=O)[C@@H]2CCCCN2C(=O)C(=O)[C@]2(O)O[C@H]1[C@@H](OC)C[C@H]2C. The number of thioether (sulfide) groups is 1. The molecule has 8 aliphatic rings. The van der Waals surface area contributed by atoms with Gasteiger partial charge < -0.3 is 64.5 Å². The third-order valence-electron chi connectivity index (χ3n) is 20.7. The van der Waals surface area contributed by atoms with Crippen LogP contribution in [0.2, 0.25) is 0 Å². The lowest BCUT2D eigenvalue weighted by Crippen LogP contribution is -2.64. The number of fused-ring (bicyclic) bond motifs is 4. The summed E-state index contributed by atoms with van der Waals surface area (Å²) in [7, 11) is 4.98. The summed E-state index contributed by atoms with van der Waals surface area (Å²) in [6.07, 6.45) is 2.70. The number of likely N-dealkylation sites (tertiary alicyclic amines) is 2. The molecule has 21 atom stereocenters. The molecule has 0 spiro atoms. The van der Waals surface area contributed by atoms with Crippen molar-refractivity contribution < 1.29 is 78.0 Å². The molecule has 21 nitrogen and oxygen atoms in total. The van der Waals surface area contributed by atoms with Crippen molar-refractivity contribution in [3.63, 3.8) is 0 Å². The first-order chi connectivity index (χ1) is 41.0.